The number of nitrogens with zero attached hydrogens (tertiary/aromatic N) is 2. The quantitative estimate of drug-likeness (QED) is 0.771. The molecule has 0 aliphatic carbocycles. The second kappa shape index (κ2) is 3.59. The molecule has 70 valence electrons. The maximum atomic E-state index is 11.2. The van der Waals surface area contributed by atoms with E-state index < -0.39 is 0 Å². The fourth-order valence-corrected chi connectivity index (χ4v) is 1.30. The number of rotatable bonds is 1. The Morgan fingerprint density at radius 2 is 2.29 bits per heavy atom. The number of nitrogens with one attached hydrogen (secondary N) is 1. The lowest BCUT2D eigenvalue weighted by molar-refractivity contribution is 1.12. The summed E-state index contributed by atoms with van der Waals surface area (Å²) in [6.45, 7) is 0. The van der Waals surface area contributed by atoms with Crippen LogP contribution in [0.4, 0.5) is 0 Å². The molecule has 2 rings (SSSR count). The lowest BCUT2D eigenvalue weighted by Gasteiger charge is -2.00. The zero-order valence-electron chi connectivity index (χ0n) is 7.07. The number of H-pyrrole nitrogens is 1. The van der Waals surface area contributed by atoms with E-state index in [4.69, 9.17) is 11.6 Å². The van der Waals surface area contributed by atoms with Crippen LogP contribution in [-0.2, 0) is 0 Å². The van der Waals surface area contributed by atoms with Gasteiger partial charge in [0.05, 0.1) is 12.0 Å². The van der Waals surface area contributed by atoms with Crippen LogP contribution in [0, 0.1) is 0 Å². The van der Waals surface area contributed by atoms with Crippen LogP contribution in [0.15, 0.2) is 35.6 Å². The van der Waals surface area contributed by atoms with Crippen molar-refractivity contribution in [3.63, 3.8) is 0 Å². The molecule has 5 heteroatoms. The smallest absolute Gasteiger partial charge is 0.270 e. The molecule has 0 radical (unpaired) electrons. The standard InChI is InChI=1S/C9H6ClN3O/c10-7-8(12-5-13-9(7)14)6-2-1-3-11-4-6/h1-5H,(H,12,13,14). The summed E-state index contributed by atoms with van der Waals surface area (Å²) >= 11 is 5.79. The van der Waals surface area contributed by atoms with Crippen molar-refractivity contribution in [3.8, 4) is 11.3 Å². The highest BCUT2D eigenvalue weighted by Gasteiger charge is 2.07. The van der Waals surface area contributed by atoms with Gasteiger partial charge in [0.1, 0.15) is 5.02 Å². The van der Waals surface area contributed by atoms with E-state index in [2.05, 4.69) is 15.0 Å². The van der Waals surface area contributed by atoms with E-state index >= 15 is 0 Å². The van der Waals surface area contributed by atoms with Crippen LogP contribution in [0.1, 0.15) is 0 Å². The molecule has 0 amide bonds. The minimum absolute atomic E-state index is 0.0838. The third-order valence-corrected chi connectivity index (χ3v) is 2.08. The maximum Gasteiger partial charge on any atom is 0.270 e. The second-order valence-electron chi connectivity index (χ2n) is 2.64. The molecule has 0 spiro atoms. The summed E-state index contributed by atoms with van der Waals surface area (Å²) in [4.78, 5) is 21.5. The molecule has 2 aromatic heterocycles. The predicted molar refractivity (Wildman–Crippen MR) is 53.1 cm³/mol. The second-order valence-corrected chi connectivity index (χ2v) is 3.01. The van der Waals surface area contributed by atoms with Crippen molar-refractivity contribution in [2.75, 3.05) is 0 Å². The van der Waals surface area contributed by atoms with E-state index in [1.165, 1.54) is 6.33 Å². The third kappa shape index (κ3) is 1.52. The predicted octanol–water partition coefficient (Wildman–Crippen LogP) is 1.49. The summed E-state index contributed by atoms with van der Waals surface area (Å²) in [6, 6.07) is 3.55. The fourth-order valence-electron chi connectivity index (χ4n) is 1.09. The van der Waals surface area contributed by atoms with Gasteiger partial charge in [0.15, 0.2) is 0 Å². The first-order chi connectivity index (χ1) is 6.79. The summed E-state index contributed by atoms with van der Waals surface area (Å²) in [7, 11) is 0. The molecular weight excluding hydrogens is 202 g/mol. The van der Waals surface area contributed by atoms with Gasteiger partial charge in [-0.15, -0.1) is 0 Å². The zero-order chi connectivity index (χ0) is 9.97. The first-order valence-corrected chi connectivity index (χ1v) is 4.30. The molecule has 0 saturated heterocycles. The van der Waals surface area contributed by atoms with Crippen LogP contribution in [0.3, 0.4) is 0 Å². The van der Waals surface area contributed by atoms with Gasteiger partial charge in [-0.3, -0.25) is 9.78 Å². The number of aromatic nitrogens is 3. The molecule has 0 atom stereocenters. The van der Waals surface area contributed by atoms with Crippen molar-refractivity contribution in [1.29, 1.82) is 0 Å². The molecule has 0 fully saturated rings. The molecule has 0 aromatic carbocycles. The Kier molecular flexibility index (Phi) is 2.28. The number of hydrogen-bond acceptors (Lipinski definition) is 3. The molecule has 4 nitrogen and oxygen atoms in total. The van der Waals surface area contributed by atoms with Gasteiger partial charge in [0, 0.05) is 18.0 Å². The topological polar surface area (TPSA) is 58.6 Å². The average Bonchev–Trinajstić information content (AvgIpc) is 2.23. The van der Waals surface area contributed by atoms with E-state index in [0.29, 0.717) is 5.69 Å². The van der Waals surface area contributed by atoms with Gasteiger partial charge in [-0.2, -0.15) is 0 Å². The van der Waals surface area contributed by atoms with E-state index in [1.54, 1.807) is 24.5 Å². The number of hydrogen-bond donors (Lipinski definition) is 1. The van der Waals surface area contributed by atoms with Crippen molar-refractivity contribution in [2.24, 2.45) is 0 Å². The normalized spacial score (nSPS) is 10.1. The van der Waals surface area contributed by atoms with Crippen LogP contribution in [0.25, 0.3) is 11.3 Å². The van der Waals surface area contributed by atoms with Gasteiger partial charge in [-0.25, -0.2) is 4.98 Å². The van der Waals surface area contributed by atoms with Crippen LogP contribution < -0.4 is 5.56 Å². The van der Waals surface area contributed by atoms with Crippen molar-refractivity contribution < 1.29 is 0 Å². The van der Waals surface area contributed by atoms with Crippen LogP contribution >= 0.6 is 11.6 Å². The summed E-state index contributed by atoms with van der Waals surface area (Å²) in [5.74, 6) is 0. The lowest BCUT2D eigenvalue weighted by Crippen LogP contribution is -2.07. The van der Waals surface area contributed by atoms with Gasteiger partial charge < -0.3 is 4.98 Å². The largest absolute Gasteiger partial charge is 0.312 e. The van der Waals surface area contributed by atoms with Gasteiger partial charge in [-0.05, 0) is 12.1 Å². The molecule has 14 heavy (non-hydrogen) atoms. The molecule has 0 saturated carbocycles. The van der Waals surface area contributed by atoms with Crippen molar-refractivity contribution in [1.82, 2.24) is 15.0 Å². The molecule has 2 heterocycles. The Hall–Kier alpha value is -1.68. The van der Waals surface area contributed by atoms with E-state index in [9.17, 15) is 4.79 Å². The molecule has 1 N–H and O–H groups in total. The Labute approximate surface area is 84.6 Å². The van der Waals surface area contributed by atoms with Crippen LogP contribution in [0.2, 0.25) is 5.02 Å². The highest BCUT2D eigenvalue weighted by Crippen LogP contribution is 2.20. The molecule has 0 aliphatic heterocycles. The van der Waals surface area contributed by atoms with E-state index in [-0.39, 0.29) is 10.6 Å². The highest BCUT2D eigenvalue weighted by atomic mass is 35.5. The van der Waals surface area contributed by atoms with Gasteiger partial charge in [0.25, 0.3) is 5.56 Å². The van der Waals surface area contributed by atoms with Crippen LogP contribution in [-0.4, -0.2) is 15.0 Å². The van der Waals surface area contributed by atoms with Crippen molar-refractivity contribution >= 4 is 11.6 Å². The van der Waals surface area contributed by atoms with Crippen LogP contribution in [0.5, 0.6) is 0 Å². The summed E-state index contributed by atoms with van der Waals surface area (Å²) < 4.78 is 0. The fraction of sp³-hybridized carbons (Fsp3) is 0. The highest BCUT2D eigenvalue weighted by molar-refractivity contribution is 6.32. The minimum atomic E-state index is -0.347. The Morgan fingerprint density at radius 1 is 1.43 bits per heavy atom. The molecule has 0 unspecified atom stereocenters. The Morgan fingerprint density at radius 3 is 3.00 bits per heavy atom. The molecule has 2 aromatic rings. The van der Waals surface area contributed by atoms with Crippen molar-refractivity contribution in [3.05, 3.63) is 46.2 Å². The third-order valence-electron chi connectivity index (χ3n) is 1.73. The summed E-state index contributed by atoms with van der Waals surface area (Å²) in [6.07, 6.45) is 4.56. The lowest BCUT2D eigenvalue weighted by atomic mass is 10.2. The zero-order valence-corrected chi connectivity index (χ0v) is 7.82. The average molecular weight is 208 g/mol. The summed E-state index contributed by atoms with van der Waals surface area (Å²) in [5, 5.41) is 0.0838. The maximum absolute atomic E-state index is 11.2. The minimum Gasteiger partial charge on any atom is -0.312 e. The van der Waals surface area contributed by atoms with E-state index in [0.717, 1.165) is 5.56 Å². The monoisotopic (exact) mass is 207 g/mol. The number of pyridine rings is 1. The first-order valence-electron chi connectivity index (χ1n) is 3.92. The number of aromatic amines is 1. The SMILES string of the molecule is O=c1[nH]cnc(-c2cccnc2)c1Cl. The van der Waals surface area contributed by atoms with Crippen molar-refractivity contribution in [2.45, 2.75) is 0 Å². The molecular formula is C9H6ClN3O. The first kappa shape index (κ1) is 8.90. The van der Waals surface area contributed by atoms with Gasteiger partial charge in [-0.1, -0.05) is 11.6 Å². The Bertz CT molecular complexity index is 495. The van der Waals surface area contributed by atoms with Gasteiger partial charge >= 0.3 is 0 Å². The van der Waals surface area contributed by atoms with Gasteiger partial charge in [0.2, 0.25) is 0 Å². The van der Waals surface area contributed by atoms with E-state index in [1.807, 2.05) is 0 Å². The Balaban J connectivity index is 2.64. The summed E-state index contributed by atoms with van der Waals surface area (Å²) in [5.41, 5.74) is 0.827. The molecule has 0 bridgehead atoms. The number of halogens is 1. The molecule has 0 aliphatic rings.